The van der Waals surface area contributed by atoms with Crippen molar-refractivity contribution in [1.82, 2.24) is 10.3 Å². The highest BCUT2D eigenvalue weighted by Crippen LogP contribution is 2.41. The number of benzene rings is 1. The van der Waals surface area contributed by atoms with Crippen molar-refractivity contribution in [1.29, 1.82) is 0 Å². The summed E-state index contributed by atoms with van der Waals surface area (Å²) in [4.78, 5) is 4.06. The Kier molecular flexibility index (Phi) is 4.03. The molecule has 116 valence electrons. The molecule has 4 heteroatoms. The number of pyridine rings is 1. The molecule has 1 aromatic carbocycles. The zero-order chi connectivity index (χ0) is 15.6. The fraction of sp³-hybridized carbons (Fsp3) is 0.389. The lowest BCUT2D eigenvalue weighted by Gasteiger charge is -2.38. The number of hydrogen-bond donors (Lipinski definition) is 1. The fourth-order valence-electron chi connectivity index (χ4n) is 2.88. The first kappa shape index (κ1) is 14.9. The molecule has 1 aromatic heterocycles. The van der Waals surface area contributed by atoms with E-state index in [1.807, 2.05) is 36.7 Å². The summed E-state index contributed by atoms with van der Waals surface area (Å²) >= 11 is 0. The number of hydrogen-bond acceptors (Lipinski definition) is 4. The highest BCUT2D eigenvalue weighted by molar-refractivity contribution is 5.44. The van der Waals surface area contributed by atoms with E-state index in [2.05, 4.69) is 30.2 Å². The van der Waals surface area contributed by atoms with Crippen molar-refractivity contribution in [3.8, 4) is 11.5 Å². The molecule has 4 nitrogen and oxygen atoms in total. The first-order valence-corrected chi connectivity index (χ1v) is 7.57. The van der Waals surface area contributed by atoms with Crippen LogP contribution in [0.4, 0.5) is 0 Å². The van der Waals surface area contributed by atoms with Crippen LogP contribution < -0.4 is 14.8 Å². The Labute approximate surface area is 131 Å². The van der Waals surface area contributed by atoms with E-state index in [1.54, 1.807) is 7.11 Å². The van der Waals surface area contributed by atoms with Gasteiger partial charge in [0.05, 0.1) is 7.11 Å². The molecule has 0 saturated carbocycles. The number of rotatable bonds is 4. The zero-order valence-corrected chi connectivity index (χ0v) is 13.3. The molecule has 0 saturated heterocycles. The molecule has 0 amide bonds. The first-order valence-electron chi connectivity index (χ1n) is 7.57. The summed E-state index contributed by atoms with van der Waals surface area (Å²) in [6, 6.07) is 10.4. The Hall–Kier alpha value is -2.07. The molecule has 0 radical (unpaired) electrons. The summed E-state index contributed by atoms with van der Waals surface area (Å²) in [5.41, 5.74) is 2.22. The van der Waals surface area contributed by atoms with Crippen LogP contribution in [-0.2, 0) is 6.54 Å². The van der Waals surface area contributed by atoms with Gasteiger partial charge >= 0.3 is 0 Å². The third kappa shape index (κ3) is 3.22. The highest BCUT2D eigenvalue weighted by atomic mass is 16.5. The molecule has 2 aromatic rings. The standard InChI is InChI=1S/C18H22N2O2/c1-18(2)11-16(20-12-13-6-8-19-9-7-13)15-5-4-14(21-3)10-17(15)22-18/h4-10,16,20H,11-12H2,1-3H3. The van der Waals surface area contributed by atoms with E-state index in [1.165, 1.54) is 11.1 Å². The third-order valence-corrected chi connectivity index (χ3v) is 3.98. The van der Waals surface area contributed by atoms with Gasteiger partial charge in [-0.3, -0.25) is 4.98 Å². The van der Waals surface area contributed by atoms with Crippen LogP contribution in [-0.4, -0.2) is 17.7 Å². The van der Waals surface area contributed by atoms with Crippen molar-refractivity contribution in [2.24, 2.45) is 0 Å². The van der Waals surface area contributed by atoms with Crippen LogP contribution in [0, 0.1) is 0 Å². The van der Waals surface area contributed by atoms with Gasteiger partial charge in [-0.05, 0) is 37.6 Å². The second-order valence-electron chi connectivity index (χ2n) is 6.26. The predicted molar refractivity (Wildman–Crippen MR) is 86.1 cm³/mol. The lowest BCUT2D eigenvalue weighted by Crippen LogP contribution is -2.39. The van der Waals surface area contributed by atoms with Crippen molar-refractivity contribution in [3.05, 3.63) is 53.9 Å². The van der Waals surface area contributed by atoms with Gasteiger partial charge in [0, 0.05) is 43.0 Å². The highest BCUT2D eigenvalue weighted by Gasteiger charge is 2.33. The third-order valence-electron chi connectivity index (χ3n) is 3.98. The number of fused-ring (bicyclic) bond motifs is 1. The summed E-state index contributed by atoms with van der Waals surface area (Å²) in [5, 5.41) is 3.64. The average Bonchev–Trinajstić information content (AvgIpc) is 2.52. The maximum Gasteiger partial charge on any atom is 0.128 e. The van der Waals surface area contributed by atoms with E-state index < -0.39 is 0 Å². The Morgan fingerprint density at radius 1 is 1.27 bits per heavy atom. The maximum absolute atomic E-state index is 6.11. The SMILES string of the molecule is COc1ccc2c(c1)OC(C)(C)CC2NCc1ccncc1. The van der Waals surface area contributed by atoms with Crippen LogP contribution in [0.1, 0.15) is 37.4 Å². The number of nitrogens with one attached hydrogen (secondary N) is 1. The van der Waals surface area contributed by atoms with Crippen LogP contribution in [0.25, 0.3) is 0 Å². The van der Waals surface area contributed by atoms with Crippen molar-refractivity contribution < 1.29 is 9.47 Å². The van der Waals surface area contributed by atoms with Crippen molar-refractivity contribution >= 4 is 0 Å². The smallest absolute Gasteiger partial charge is 0.128 e. The van der Waals surface area contributed by atoms with Gasteiger partial charge in [-0.2, -0.15) is 0 Å². The molecule has 0 aliphatic carbocycles. The summed E-state index contributed by atoms with van der Waals surface area (Å²) in [6.45, 7) is 5.06. The maximum atomic E-state index is 6.11. The molecule has 1 atom stereocenters. The lowest BCUT2D eigenvalue weighted by molar-refractivity contribution is 0.0654. The monoisotopic (exact) mass is 298 g/mol. The van der Waals surface area contributed by atoms with E-state index in [4.69, 9.17) is 9.47 Å². The van der Waals surface area contributed by atoms with E-state index in [-0.39, 0.29) is 11.6 Å². The van der Waals surface area contributed by atoms with Gasteiger partial charge in [0.15, 0.2) is 0 Å². The molecule has 0 spiro atoms. The van der Waals surface area contributed by atoms with E-state index in [0.29, 0.717) is 0 Å². The summed E-state index contributed by atoms with van der Waals surface area (Å²) in [6.07, 6.45) is 4.57. The van der Waals surface area contributed by atoms with Gasteiger partial charge < -0.3 is 14.8 Å². The van der Waals surface area contributed by atoms with Crippen molar-refractivity contribution in [3.63, 3.8) is 0 Å². The minimum atomic E-state index is -0.199. The molecule has 1 aliphatic rings. The number of aromatic nitrogens is 1. The summed E-state index contributed by atoms with van der Waals surface area (Å²) in [5.74, 6) is 1.73. The Morgan fingerprint density at radius 3 is 2.77 bits per heavy atom. The molecule has 0 bridgehead atoms. The Bertz CT molecular complexity index is 641. The normalized spacial score (nSPS) is 19.1. The number of ether oxygens (including phenoxy) is 2. The minimum Gasteiger partial charge on any atom is -0.497 e. The van der Waals surface area contributed by atoms with Crippen LogP contribution in [0.5, 0.6) is 11.5 Å². The molecule has 1 aliphatic heterocycles. The predicted octanol–water partition coefficient (Wildman–Crippen LogP) is 3.48. The Morgan fingerprint density at radius 2 is 2.05 bits per heavy atom. The lowest BCUT2D eigenvalue weighted by atomic mass is 9.89. The Balaban J connectivity index is 1.82. The topological polar surface area (TPSA) is 43.4 Å². The molecule has 2 heterocycles. The zero-order valence-electron chi connectivity index (χ0n) is 13.3. The molecule has 3 rings (SSSR count). The molecule has 1 unspecified atom stereocenters. The van der Waals surface area contributed by atoms with Crippen molar-refractivity contribution in [2.45, 2.75) is 38.5 Å². The quantitative estimate of drug-likeness (QED) is 0.938. The van der Waals surface area contributed by atoms with Crippen LogP contribution in [0.15, 0.2) is 42.7 Å². The number of methoxy groups -OCH3 is 1. The van der Waals surface area contributed by atoms with E-state index in [9.17, 15) is 0 Å². The van der Waals surface area contributed by atoms with Crippen LogP contribution in [0.2, 0.25) is 0 Å². The van der Waals surface area contributed by atoms with E-state index >= 15 is 0 Å². The largest absolute Gasteiger partial charge is 0.497 e. The van der Waals surface area contributed by atoms with Gasteiger partial charge in [-0.1, -0.05) is 6.07 Å². The molecule has 1 N–H and O–H groups in total. The second kappa shape index (κ2) is 5.97. The number of nitrogens with zero attached hydrogens (tertiary/aromatic N) is 1. The van der Waals surface area contributed by atoms with Gasteiger partial charge in [0.25, 0.3) is 0 Å². The first-order chi connectivity index (χ1) is 10.6. The van der Waals surface area contributed by atoms with Gasteiger partial charge in [0.2, 0.25) is 0 Å². The fourth-order valence-corrected chi connectivity index (χ4v) is 2.88. The summed E-state index contributed by atoms with van der Waals surface area (Å²) < 4.78 is 11.4. The van der Waals surface area contributed by atoms with E-state index in [0.717, 1.165) is 24.5 Å². The molecule has 22 heavy (non-hydrogen) atoms. The average molecular weight is 298 g/mol. The van der Waals surface area contributed by atoms with Gasteiger partial charge in [-0.25, -0.2) is 0 Å². The molecular weight excluding hydrogens is 276 g/mol. The molecule has 0 fully saturated rings. The molecular formula is C18H22N2O2. The second-order valence-corrected chi connectivity index (χ2v) is 6.26. The van der Waals surface area contributed by atoms with Gasteiger partial charge in [0.1, 0.15) is 17.1 Å². The van der Waals surface area contributed by atoms with Crippen LogP contribution >= 0.6 is 0 Å². The summed E-state index contributed by atoms with van der Waals surface area (Å²) in [7, 11) is 1.68. The minimum absolute atomic E-state index is 0.199. The van der Waals surface area contributed by atoms with Crippen molar-refractivity contribution in [2.75, 3.05) is 7.11 Å². The van der Waals surface area contributed by atoms with Crippen LogP contribution in [0.3, 0.4) is 0 Å². The van der Waals surface area contributed by atoms with Gasteiger partial charge in [-0.15, -0.1) is 0 Å².